The van der Waals surface area contributed by atoms with Gasteiger partial charge in [-0.1, -0.05) is 0 Å². The van der Waals surface area contributed by atoms with Crippen LogP contribution in [0.4, 0.5) is 4.39 Å². The highest BCUT2D eigenvalue weighted by molar-refractivity contribution is 7.89. The molecule has 0 amide bonds. The van der Waals surface area contributed by atoms with Crippen LogP contribution in [0.1, 0.15) is 19.3 Å². The van der Waals surface area contributed by atoms with Crippen molar-refractivity contribution in [2.24, 2.45) is 5.92 Å². The van der Waals surface area contributed by atoms with Gasteiger partial charge >= 0.3 is 0 Å². The molecule has 2 aliphatic rings. The van der Waals surface area contributed by atoms with Gasteiger partial charge in [0.05, 0.1) is 4.90 Å². The van der Waals surface area contributed by atoms with Crippen molar-refractivity contribution < 1.29 is 12.8 Å². The van der Waals surface area contributed by atoms with E-state index in [2.05, 4.69) is 11.9 Å². The molecule has 2 fully saturated rings. The van der Waals surface area contributed by atoms with Crippen LogP contribution >= 0.6 is 0 Å². The second-order valence-electron chi connectivity index (χ2n) is 6.06. The van der Waals surface area contributed by atoms with E-state index in [1.807, 2.05) is 0 Å². The van der Waals surface area contributed by atoms with E-state index >= 15 is 0 Å². The average molecular weight is 312 g/mol. The molecule has 0 saturated carbocycles. The van der Waals surface area contributed by atoms with Gasteiger partial charge in [0.2, 0.25) is 10.0 Å². The Kier molecular flexibility index (Phi) is 4.03. The summed E-state index contributed by atoms with van der Waals surface area (Å²) in [7, 11) is -1.37. The van der Waals surface area contributed by atoms with Gasteiger partial charge in [-0.15, -0.1) is 0 Å². The van der Waals surface area contributed by atoms with E-state index in [1.54, 1.807) is 4.31 Å². The molecule has 2 saturated heterocycles. The first-order chi connectivity index (χ1) is 9.98. The number of fused-ring (bicyclic) bond motifs is 1. The van der Waals surface area contributed by atoms with Gasteiger partial charge in [-0.3, -0.25) is 0 Å². The molecule has 21 heavy (non-hydrogen) atoms. The minimum absolute atomic E-state index is 0.187. The first-order valence-electron chi connectivity index (χ1n) is 7.44. The summed E-state index contributed by atoms with van der Waals surface area (Å²) in [6.07, 6.45) is 3.09. The fourth-order valence-electron chi connectivity index (χ4n) is 3.59. The third kappa shape index (κ3) is 2.84. The lowest BCUT2D eigenvalue weighted by Crippen LogP contribution is -2.53. The van der Waals surface area contributed by atoms with Crippen LogP contribution in [0.2, 0.25) is 0 Å². The van der Waals surface area contributed by atoms with Crippen molar-refractivity contribution in [3.05, 3.63) is 30.1 Å². The molecular weight excluding hydrogens is 291 g/mol. The van der Waals surface area contributed by atoms with Crippen molar-refractivity contribution >= 4 is 10.0 Å². The largest absolute Gasteiger partial charge is 0.303 e. The number of halogens is 1. The standard InChI is InChI=1S/C15H21FN2O2S/c1-17-9-2-3-12-11-18(10-8-15(12)17)21(19,20)14-6-4-13(16)5-7-14/h4-7,12,15H,2-3,8-11H2,1H3. The number of hydrogen-bond acceptors (Lipinski definition) is 3. The summed E-state index contributed by atoms with van der Waals surface area (Å²) in [6.45, 7) is 2.23. The first-order valence-corrected chi connectivity index (χ1v) is 8.88. The average Bonchev–Trinajstić information content (AvgIpc) is 2.47. The monoisotopic (exact) mass is 312 g/mol. The van der Waals surface area contributed by atoms with Gasteiger partial charge in [0, 0.05) is 19.1 Å². The molecule has 0 aromatic heterocycles. The number of sulfonamides is 1. The lowest BCUT2D eigenvalue weighted by Gasteiger charge is -2.45. The predicted octanol–water partition coefficient (Wildman–Crippen LogP) is 1.93. The minimum atomic E-state index is -3.50. The molecule has 1 aromatic rings. The van der Waals surface area contributed by atoms with Crippen LogP contribution in [0, 0.1) is 11.7 Å². The molecule has 0 spiro atoms. The van der Waals surface area contributed by atoms with Gasteiger partial charge in [0.25, 0.3) is 0 Å². The van der Waals surface area contributed by atoms with Gasteiger partial charge in [0.15, 0.2) is 0 Å². The summed E-state index contributed by atoms with van der Waals surface area (Å²) in [5, 5.41) is 0. The molecule has 0 aliphatic carbocycles. The Morgan fingerprint density at radius 3 is 2.57 bits per heavy atom. The Morgan fingerprint density at radius 1 is 1.14 bits per heavy atom. The van der Waals surface area contributed by atoms with Crippen LogP contribution in [0.15, 0.2) is 29.2 Å². The quantitative estimate of drug-likeness (QED) is 0.838. The molecular formula is C15H21FN2O2S. The summed E-state index contributed by atoms with van der Waals surface area (Å²) in [5.41, 5.74) is 0. The van der Waals surface area contributed by atoms with Crippen LogP contribution in [0.25, 0.3) is 0 Å². The zero-order chi connectivity index (χ0) is 15.0. The fraction of sp³-hybridized carbons (Fsp3) is 0.600. The Hall–Kier alpha value is -0.980. The molecule has 3 rings (SSSR count). The molecule has 116 valence electrons. The number of likely N-dealkylation sites (tertiary alicyclic amines) is 1. The van der Waals surface area contributed by atoms with E-state index in [9.17, 15) is 12.8 Å². The van der Waals surface area contributed by atoms with Gasteiger partial charge < -0.3 is 4.90 Å². The summed E-state index contributed by atoms with van der Waals surface area (Å²) in [4.78, 5) is 2.54. The van der Waals surface area contributed by atoms with Crippen molar-refractivity contribution in [3.63, 3.8) is 0 Å². The van der Waals surface area contributed by atoms with E-state index in [1.165, 1.54) is 24.3 Å². The molecule has 0 N–H and O–H groups in total. The van der Waals surface area contributed by atoms with E-state index in [-0.39, 0.29) is 4.90 Å². The van der Waals surface area contributed by atoms with Gasteiger partial charge in [-0.25, -0.2) is 12.8 Å². The van der Waals surface area contributed by atoms with Crippen LogP contribution in [-0.4, -0.2) is 50.3 Å². The van der Waals surface area contributed by atoms with E-state index < -0.39 is 15.8 Å². The number of hydrogen-bond donors (Lipinski definition) is 0. The van der Waals surface area contributed by atoms with Crippen molar-refractivity contribution in [3.8, 4) is 0 Å². The lowest BCUT2D eigenvalue weighted by atomic mass is 9.85. The number of piperidine rings is 2. The maximum absolute atomic E-state index is 13.0. The number of benzene rings is 1. The predicted molar refractivity (Wildman–Crippen MR) is 78.9 cm³/mol. The molecule has 2 unspecified atom stereocenters. The summed E-state index contributed by atoms with van der Waals surface area (Å²) >= 11 is 0. The molecule has 4 nitrogen and oxygen atoms in total. The third-order valence-corrected chi connectivity index (χ3v) is 6.64. The van der Waals surface area contributed by atoms with Gasteiger partial charge in [0.1, 0.15) is 5.82 Å². The number of rotatable bonds is 2. The van der Waals surface area contributed by atoms with Crippen molar-refractivity contribution in [2.45, 2.75) is 30.2 Å². The molecule has 2 heterocycles. The molecule has 1 aromatic carbocycles. The highest BCUT2D eigenvalue weighted by Crippen LogP contribution is 2.32. The van der Waals surface area contributed by atoms with E-state index in [4.69, 9.17) is 0 Å². The van der Waals surface area contributed by atoms with Crippen LogP contribution in [0.3, 0.4) is 0 Å². The Labute approximate surface area is 125 Å². The first kappa shape index (κ1) is 14.9. The molecule has 0 bridgehead atoms. The third-order valence-electron chi connectivity index (χ3n) is 4.76. The zero-order valence-corrected chi connectivity index (χ0v) is 13.0. The van der Waals surface area contributed by atoms with E-state index in [0.29, 0.717) is 25.0 Å². The topological polar surface area (TPSA) is 40.6 Å². The molecule has 2 atom stereocenters. The van der Waals surface area contributed by atoms with Gasteiger partial charge in [-0.2, -0.15) is 4.31 Å². The number of nitrogens with zero attached hydrogens (tertiary/aromatic N) is 2. The van der Waals surface area contributed by atoms with Crippen LogP contribution in [0.5, 0.6) is 0 Å². The molecule has 6 heteroatoms. The molecule has 0 radical (unpaired) electrons. The second-order valence-corrected chi connectivity index (χ2v) is 7.99. The lowest BCUT2D eigenvalue weighted by molar-refractivity contribution is 0.0671. The Bertz CT molecular complexity index is 603. The maximum atomic E-state index is 13.0. The summed E-state index contributed by atoms with van der Waals surface area (Å²) in [6, 6.07) is 5.61. The highest BCUT2D eigenvalue weighted by Gasteiger charge is 2.38. The molecule has 2 aliphatic heterocycles. The Morgan fingerprint density at radius 2 is 1.86 bits per heavy atom. The normalized spacial score (nSPS) is 28.3. The smallest absolute Gasteiger partial charge is 0.243 e. The van der Waals surface area contributed by atoms with Crippen LogP contribution in [-0.2, 0) is 10.0 Å². The maximum Gasteiger partial charge on any atom is 0.243 e. The fourth-order valence-corrected chi connectivity index (χ4v) is 5.10. The Balaban J connectivity index is 1.79. The second kappa shape index (κ2) is 5.66. The van der Waals surface area contributed by atoms with E-state index in [0.717, 1.165) is 25.8 Å². The van der Waals surface area contributed by atoms with Crippen molar-refractivity contribution in [1.82, 2.24) is 9.21 Å². The highest BCUT2D eigenvalue weighted by atomic mass is 32.2. The van der Waals surface area contributed by atoms with Gasteiger partial charge in [-0.05, 0) is 63.0 Å². The van der Waals surface area contributed by atoms with Crippen molar-refractivity contribution in [2.75, 3.05) is 26.7 Å². The van der Waals surface area contributed by atoms with Crippen LogP contribution < -0.4 is 0 Å². The zero-order valence-electron chi connectivity index (χ0n) is 12.2. The van der Waals surface area contributed by atoms with Crippen molar-refractivity contribution in [1.29, 1.82) is 0 Å². The summed E-state index contributed by atoms with van der Waals surface area (Å²) < 4.78 is 39.8. The summed E-state index contributed by atoms with van der Waals surface area (Å²) in [5.74, 6) is -0.00529. The minimum Gasteiger partial charge on any atom is -0.303 e. The SMILES string of the molecule is CN1CCCC2CN(S(=O)(=O)c3ccc(F)cc3)CCC21.